The Hall–Kier alpha value is -3.92. The molecule has 6 nitrogen and oxygen atoms in total. The van der Waals surface area contributed by atoms with E-state index in [0.717, 1.165) is 27.5 Å². The molecule has 2 amide bonds. The number of thioether (sulfide) groups is 1. The van der Waals surface area contributed by atoms with Crippen molar-refractivity contribution in [2.24, 2.45) is 0 Å². The van der Waals surface area contributed by atoms with Crippen LogP contribution in [0.25, 0.3) is 11.3 Å². The van der Waals surface area contributed by atoms with Crippen molar-refractivity contribution in [3.05, 3.63) is 112 Å². The highest BCUT2D eigenvalue weighted by molar-refractivity contribution is 8.00. The molecule has 38 heavy (non-hydrogen) atoms. The molecule has 5 aromatic rings. The third-order valence-corrected chi connectivity index (χ3v) is 8.41. The van der Waals surface area contributed by atoms with Crippen LogP contribution < -0.4 is 15.4 Å². The Balaban J connectivity index is 1.34. The van der Waals surface area contributed by atoms with Crippen LogP contribution in [0.2, 0.25) is 0 Å². The predicted molar refractivity (Wildman–Crippen MR) is 156 cm³/mol. The monoisotopic (exact) mass is 557 g/mol. The van der Waals surface area contributed by atoms with E-state index in [0.29, 0.717) is 15.7 Å². The lowest BCUT2D eigenvalue weighted by Crippen LogP contribution is -2.19. The Bertz CT molecular complexity index is 1530. The molecule has 0 aliphatic rings. The van der Waals surface area contributed by atoms with Crippen LogP contribution in [0.1, 0.15) is 20.5 Å². The highest BCUT2D eigenvalue weighted by Gasteiger charge is 2.23. The molecule has 190 valence electrons. The molecule has 1 unspecified atom stereocenters. The lowest BCUT2D eigenvalue weighted by Gasteiger charge is -2.17. The van der Waals surface area contributed by atoms with E-state index in [-0.39, 0.29) is 11.8 Å². The van der Waals surface area contributed by atoms with Crippen molar-refractivity contribution < 1.29 is 14.3 Å². The third-order valence-electron chi connectivity index (χ3n) is 5.53. The summed E-state index contributed by atoms with van der Waals surface area (Å²) in [7, 11) is 1.63. The maximum atomic E-state index is 13.5. The van der Waals surface area contributed by atoms with Gasteiger partial charge in [0.2, 0.25) is 5.91 Å². The van der Waals surface area contributed by atoms with E-state index in [1.165, 1.54) is 34.4 Å². The number of thiophene rings is 1. The van der Waals surface area contributed by atoms with Gasteiger partial charge >= 0.3 is 0 Å². The van der Waals surface area contributed by atoms with Gasteiger partial charge in [0.05, 0.1) is 17.7 Å². The minimum absolute atomic E-state index is 0.157. The molecule has 9 heteroatoms. The molecule has 3 aromatic carbocycles. The number of methoxy groups -OCH3 is 1. The second kappa shape index (κ2) is 12.1. The van der Waals surface area contributed by atoms with Crippen LogP contribution in [0.3, 0.4) is 0 Å². The Morgan fingerprint density at radius 3 is 2.53 bits per heavy atom. The van der Waals surface area contributed by atoms with Gasteiger partial charge in [-0.2, -0.15) is 0 Å². The number of amides is 2. The molecule has 0 aliphatic heterocycles. The zero-order valence-corrected chi connectivity index (χ0v) is 22.7. The number of aromatic nitrogens is 1. The molecule has 0 fully saturated rings. The molecule has 0 saturated heterocycles. The van der Waals surface area contributed by atoms with Gasteiger partial charge < -0.3 is 15.4 Å². The number of nitrogens with zero attached hydrogens (tertiary/aromatic N) is 1. The Labute approximate surface area is 232 Å². The minimum atomic E-state index is -0.524. The summed E-state index contributed by atoms with van der Waals surface area (Å²) in [5.74, 6) is 0.409. The molecule has 0 bridgehead atoms. The number of hydrogen-bond donors (Lipinski definition) is 2. The summed E-state index contributed by atoms with van der Waals surface area (Å²) >= 11 is 4.18. The number of carbonyl (C=O) groups is 2. The van der Waals surface area contributed by atoms with Gasteiger partial charge in [0.1, 0.15) is 11.0 Å². The SMILES string of the molecule is COc1cccc(-c2csc(NC(=O)C(Sc3cccc(NC(=O)c4cccs4)c3)c3ccccc3)n2)c1. The van der Waals surface area contributed by atoms with E-state index in [1.54, 1.807) is 13.2 Å². The lowest BCUT2D eigenvalue weighted by molar-refractivity contribution is -0.115. The second-order valence-corrected chi connectivity index (χ2v) is 11.1. The van der Waals surface area contributed by atoms with Crippen LogP contribution in [0.5, 0.6) is 5.75 Å². The van der Waals surface area contributed by atoms with Crippen molar-refractivity contribution in [1.82, 2.24) is 4.98 Å². The molecule has 0 aliphatic carbocycles. The van der Waals surface area contributed by atoms with Crippen molar-refractivity contribution in [3.63, 3.8) is 0 Å². The van der Waals surface area contributed by atoms with Crippen LogP contribution in [0.4, 0.5) is 10.8 Å². The van der Waals surface area contributed by atoms with Crippen molar-refractivity contribution in [2.45, 2.75) is 10.1 Å². The van der Waals surface area contributed by atoms with Gasteiger partial charge in [0, 0.05) is 21.5 Å². The largest absolute Gasteiger partial charge is 0.497 e. The average molecular weight is 558 g/mol. The normalized spacial score (nSPS) is 11.5. The van der Waals surface area contributed by atoms with E-state index < -0.39 is 5.25 Å². The van der Waals surface area contributed by atoms with E-state index in [1.807, 2.05) is 95.7 Å². The number of benzene rings is 3. The molecule has 0 saturated carbocycles. The third kappa shape index (κ3) is 6.31. The van der Waals surface area contributed by atoms with Gasteiger partial charge in [0.25, 0.3) is 5.91 Å². The van der Waals surface area contributed by atoms with Gasteiger partial charge in [-0.1, -0.05) is 54.6 Å². The highest BCUT2D eigenvalue weighted by atomic mass is 32.2. The molecule has 2 heterocycles. The topological polar surface area (TPSA) is 80.3 Å². The van der Waals surface area contributed by atoms with Gasteiger partial charge in [-0.3, -0.25) is 9.59 Å². The minimum Gasteiger partial charge on any atom is -0.497 e. The van der Waals surface area contributed by atoms with E-state index in [2.05, 4.69) is 15.6 Å². The molecule has 5 rings (SSSR count). The molecule has 2 N–H and O–H groups in total. The number of thiazole rings is 1. The number of anilines is 2. The number of ether oxygens (including phenoxy) is 1. The zero-order chi connectivity index (χ0) is 26.3. The van der Waals surface area contributed by atoms with Crippen LogP contribution >= 0.6 is 34.4 Å². The molecule has 0 spiro atoms. The maximum Gasteiger partial charge on any atom is 0.265 e. The Kier molecular flexibility index (Phi) is 8.18. The standard InChI is InChI=1S/C29H23N3O3S3/c1-35-22-12-5-10-20(16-22)24-18-37-29(31-24)32-28(34)26(19-8-3-2-4-9-19)38-23-13-6-11-21(17-23)30-27(33)25-14-7-15-36-25/h2-18,26H,1H3,(H,30,33)(H,31,32,34). The molecular weight excluding hydrogens is 535 g/mol. The number of carbonyl (C=O) groups excluding carboxylic acids is 2. The molecular formula is C29H23N3O3S3. The fourth-order valence-corrected chi connectivity index (χ4v) is 6.13. The van der Waals surface area contributed by atoms with Crippen LogP contribution in [0, 0.1) is 0 Å². The van der Waals surface area contributed by atoms with Crippen LogP contribution in [-0.2, 0) is 4.79 Å². The second-order valence-electron chi connectivity index (χ2n) is 8.13. The first-order valence-electron chi connectivity index (χ1n) is 11.7. The van der Waals surface area contributed by atoms with E-state index in [4.69, 9.17) is 4.74 Å². The summed E-state index contributed by atoms with van der Waals surface area (Å²) < 4.78 is 5.31. The Morgan fingerprint density at radius 2 is 1.74 bits per heavy atom. The number of hydrogen-bond acceptors (Lipinski definition) is 7. The van der Waals surface area contributed by atoms with E-state index >= 15 is 0 Å². The van der Waals surface area contributed by atoms with Crippen molar-refractivity contribution in [3.8, 4) is 17.0 Å². The first-order valence-corrected chi connectivity index (χ1v) is 14.3. The maximum absolute atomic E-state index is 13.5. The fraction of sp³-hybridized carbons (Fsp3) is 0.0690. The number of nitrogens with one attached hydrogen (secondary N) is 2. The first kappa shape index (κ1) is 25.7. The van der Waals surface area contributed by atoms with E-state index in [9.17, 15) is 9.59 Å². The van der Waals surface area contributed by atoms with Gasteiger partial charge in [-0.25, -0.2) is 4.98 Å². The highest BCUT2D eigenvalue weighted by Crippen LogP contribution is 2.38. The summed E-state index contributed by atoms with van der Waals surface area (Å²) in [5.41, 5.74) is 3.22. The van der Waals surface area contributed by atoms with Crippen molar-refractivity contribution in [1.29, 1.82) is 0 Å². The van der Waals surface area contributed by atoms with Gasteiger partial charge in [-0.05, 0) is 47.3 Å². The summed E-state index contributed by atoms with van der Waals surface area (Å²) in [4.78, 5) is 32.1. The zero-order valence-electron chi connectivity index (χ0n) is 20.3. The van der Waals surface area contributed by atoms with Gasteiger partial charge in [0.15, 0.2) is 5.13 Å². The number of rotatable bonds is 9. The fourth-order valence-electron chi connectivity index (χ4n) is 3.70. The van der Waals surface area contributed by atoms with Crippen LogP contribution in [-0.4, -0.2) is 23.9 Å². The van der Waals surface area contributed by atoms with Crippen LogP contribution in [0.15, 0.2) is 107 Å². The summed E-state index contributed by atoms with van der Waals surface area (Å²) in [6.45, 7) is 0. The summed E-state index contributed by atoms with van der Waals surface area (Å²) in [5, 5.41) is 9.70. The molecule has 1 atom stereocenters. The quantitative estimate of drug-likeness (QED) is 0.182. The van der Waals surface area contributed by atoms with Crippen molar-refractivity contribution >= 4 is 57.1 Å². The smallest absolute Gasteiger partial charge is 0.265 e. The Morgan fingerprint density at radius 1 is 0.895 bits per heavy atom. The van der Waals surface area contributed by atoms with Crippen molar-refractivity contribution in [2.75, 3.05) is 17.7 Å². The van der Waals surface area contributed by atoms with Gasteiger partial charge in [-0.15, -0.1) is 34.4 Å². The predicted octanol–water partition coefficient (Wildman–Crippen LogP) is 7.60. The lowest BCUT2D eigenvalue weighted by atomic mass is 10.1. The summed E-state index contributed by atoms with van der Waals surface area (Å²) in [6.07, 6.45) is 0. The average Bonchev–Trinajstić information content (AvgIpc) is 3.65. The summed E-state index contributed by atoms with van der Waals surface area (Å²) in [6, 6.07) is 28.4. The molecule has 2 aromatic heterocycles. The first-order chi connectivity index (χ1) is 18.6. The molecule has 0 radical (unpaired) electrons.